The van der Waals surface area contributed by atoms with Crippen LogP contribution in [0.25, 0.3) is 0 Å². The second-order valence-corrected chi connectivity index (χ2v) is 7.41. The van der Waals surface area contributed by atoms with Gasteiger partial charge in [-0.25, -0.2) is 0 Å². The summed E-state index contributed by atoms with van der Waals surface area (Å²) in [6.07, 6.45) is 6.65. The zero-order valence-corrected chi connectivity index (χ0v) is 14.4. The average molecular weight is 354 g/mol. The third-order valence-corrected chi connectivity index (χ3v) is 5.82. The van der Waals surface area contributed by atoms with Gasteiger partial charge in [0, 0.05) is 24.3 Å². The van der Waals surface area contributed by atoms with Gasteiger partial charge in [0.2, 0.25) is 5.91 Å². The number of anilines is 1. The summed E-state index contributed by atoms with van der Waals surface area (Å²) in [5.41, 5.74) is 1.09. The second-order valence-electron chi connectivity index (χ2n) is 7.41. The van der Waals surface area contributed by atoms with Gasteiger partial charge in [0.1, 0.15) is 0 Å². The maximum Gasteiger partial charge on any atom is 0.307 e. The van der Waals surface area contributed by atoms with Crippen LogP contribution in [-0.4, -0.2) is 40.9 Å². The molecule has 1 aliphatic heterocycles. The summed E-state index contributed by atoms with van der Waals surface area (Å²) in [7, 11) is 0. The molecule has 6 nitrogen and oxygen atoms in total. The Kier molecular flexibility index (Phi) is 4.26. The molecular weight excluding hydrogens is 332 g/mol. The molecule has 3 aliphatic rings. The fourth-order valence-corrected chi connectivity index (χ4v) is 4.57. The molecule has 4 rings (SSSR count). The number of allylic oxidation sites excluding steroid dienone is 2. The highest BCUT2D eigenvalue weighted by molar-refractivity contribution is 5.99. The van der Waals surface area contributed by atoms with E-state index in [0.29, 0.717) is 11.3 Å². The third-order valence-electron chi connectivity index (χ3n) is 5.82. The van der Waals surface area contributed by atoms with Crippen LogP contribution < -0.4 is 5.32 Å². The first-order chi connectivity index (χ1) is 12.5. The number of rotatable bonds is 4. The van der Waals surface area contributed by atoms with Crippen LogP contribution in [0.5, 0.6) is 0 Å². The minimum atomic E-state index is -0.917. The number of fused-ring (bicyclic) bond motifs is 2. The van der Waals surface area contributed by atoms with Crippen LogP contribution in [0.4, 0.5) is 5.69 Å². The summed E-state index contributed by atoms with van der Waals surface area (Å²) in [4.78, 5) is 38.7. The number of nitrogens with one attached hydrogen (secondary N) is 1. The van der Waals surface area contributed by atoms with Gasteiger partial charge in [0.25, 0.3) is 5.91 Å². The molecule has 2 fully saturated rings. The normalized spacial score (nSPS) is 29.2. The Morgan fingerprint density at radius 1 is 1.04 bits per heavy atom. The van der Waals surface area contributed by atoms with Crippen molar-refractivity contribution in [3.8, 4) is 0 Å². The number of nitrogens with zero attached hydrogens (tertiary/aromatic N) is 1. The van der Waals surface area contributed by atoms with E-state index in [1.807, 2.05) is 17.1 Å². The van der Waals surface area contributed by atoms with Gasteiger partial charge in [-0.15, -0.1) is 0 Å². The molecule has 1 aromatic carbocycles. The number of hydrogen-bond donors (Lipinski definition) is 2. The summed E-state index contributed by atoms with van der Waals surface area (Å²) in [6.45, 7) is 1.54. The smallest absolute Gasteiger partial charge is 0.307 e. The van der Waals surface area contributed by atoms with Crippen molar-refractivity contribution in [3.05, 3.63) is 42.0 Å². The molecule has 1 aromatic rings. The van der Waals surface area contributed by atoms with E-state index in [0.717, 1.165) is 32.4 Å². The van der Waals surface area contributed by atoms with Crippen LogP contribution >= 0.6 is 0 Å². The topological polar surface area (TPSA) is 86.7 Å². The van der Waals surface area contributed by atoms with Crippen LogP contribution in [0.2, 0.25) is 0 Å². The zero-order valence-electron chi connectivity index (χ0n) is 14.4. The van der Waals surface area contributed by atoms with Gasteiger partial charge in [-0.2, -0.15) is 0 Å². The minimum absolute atomic E-state index is 0.0180. The van der Waals surface area contributed by atoms with Crippen molar-refractivity contribution in [2.24, 2.45) is 23.7 Å². The van der Waals surface area contributed by atoms with Crippen LogP contribution in [0.1, 0.15) is 29.6 Å². The van der Waals surface area contributed by atoms with Crippen LogP contribution in [-0.2, 0) is 9.59 Å². The number of carbonyl (C=O) groups is 3. The van der Waals surface area contributed by atoms with E-state index in [1.54, 1.807) is 24.3 Å². The lowest BCUT2D eigenvalue weighted by Gasteiger charge is -2.24. The molecule has 4 atom stereocenters. The molecule has 0 aromatic heterocycles. The van der Waals surface area contributed by atoms with E-state index >= 15 is 0 Å². The Morgan fingerprint density at radius 2 is 1.73 bits per heavy atom. The number of carboxylic acid groups (broad SMARTS) is 1. The molecule has 1 saturated carbocycles. The number of hydrogen-bond acceptors (Lipinski definition) is 3. The molecule has 26 heavy (non-hydrogen) atoms. The number of benzene rings is 1. The largest absolute Gasteiger partial charge is 0.481 e. The molecule has 1 heterocycles. The van der Waals surface area contributed by atoms with Crippen LogP contribution in [0, 0.1) is 23.7 Å². The number of amides is 2. The van der Waals surface area contributed by atoms with Crippen molar-refractivity contribution in [1.29, 1.82) is 0 Å². The number of carboxylic acids is 1. The Morgan fingerprint density at radius 3 is 2.42 bits per heavy atom. The Hall–Kier alpha value is -2.63. The van der Waals surface area contributed by atoms with E-state index in [4.69, 9.17) is 0 Å². The highest BCUT2D eigenvalue weighted by atomic mass is 16.4. The molecule has 136 valence electrons. The summed E-state index contributed by atoms with van der Waals surface area (Å²) >= 11 is 0. The van der Waals surface area contributed by atoms with Gasteiger partial charge in [-0.05, 0) is 49.3 Å². The predicted molar refractivity (Wildman–Crippen MR) is 95.6 cm³/mol. The Bertz CT molecular complexity index is 782. The molecule has 2 aliphatic carbocycles. The van der Waals surface area contributed by atoms with Crippen molar-refractivity contribution in [3.63, 3.8) is 0 Å². The molecule has 0 unspecified atom stereocenters. The monoisotopic (exact) mass is 354 g/mol. The van der Waals surface area contributed by atoms with E-state index in [9.17, 15) is 19.5 Å². The SMILES string of the molecule is O=C(O)[C@@H]1[C@H](C(=O)Nc2cccc(C(=O)N3CCCC3)c2)[C@H]2C=C[C@H]1C2. The molecule has 0 radical (unpaired) electrons. The van der Waals surface area contributed by atoms with E-state index in [1.165, 1.54) is 0 Å². The van der Waals surface area contributed by atoms with E-state index < -0.39 is 17.8 Å². The number of carbonyl (C=O) groups excluding carboxylic acids is 2. The Balaban J connectivity index is 1.49. The summed E-state index contributed by atoms with van der Waals surface area (Å²) in [5, 5.41) is 12.3. The average Bonchev–Trinajstić information content (AvgIpc) is 3.37. The van der Waals surface area contributed by atoms with Gasteiger partial charge >= 0.3 is 5.97 Å². The maximum atomic E-state index is 12.8. The molecule has 6 heteroatoms. The first-order valence-electron chi connectivity index (χ1n) is 9.16. The standard InChI is InChI=1S/C20H22N2O4/c23-18(16-12-6-7-13(10-12)17(16)20(25)26)21-15-5-3-4-14(11-15)19(24)22-8-1-2-9-22/h3-7,11-13,16-17H,1-2,8-10H2,(H,21,23)(H,25,26)/t12-,13-,16+,17-/m0/s1. The van der Waals surface area contributed by atoms with Crippen LogP contribution in [0.15, 0.2) is 36.4 Å². The minimum Gasteiger partial charge on any atom is -0.481 e. The lowest BCUT2D eigenvalue weighted by molar-refractivity contribution is -0.146. The van der Waals surface area contributed by atoms with Crippen molar-refractivity contribution >= 4 is 23.5 Å². The first-order valence-corrected chi connectivity index (χ1v) is 9.16. The van der Waals surface area contributed by atoms with Gasteiger partial charge in [-0.1, -0.05) is 18.2 Å². The molecule has 2 N–H and O–H groups in total. The zero-order chi connectivity index (χ0) is 18.3. The molecule has 2 amide bonds. The second kappa shape index (κ2) is 6.59. The molecular formula is C20H22N2O4. The van der Waals surface area contributed by atoms with Crippen molar-refractivity contribution in [2.45, 2.75) is 19.3 Å². The van der Waals surface area contributed by atoms with Gasteiger partial charge in [-0.3, -0.25) is 14.4 Å². The summed E-state index contributed by atoms with van der Waals surface area (Å²) < 4.78 is 0. The van der Waals surface area contributed by atoms with E-state index in [2.05, 4.69) is 5.32 Å². The fraction of sp³-hybridized carbons (Fsp3) is 0.450. The van der Waals surface area contributed by atoms with Gasteiger partial charge < -0.3 is 15.3 Å². The van der Waals surface area contributed by atoms with Gasteiger partial charge in [0.05, 0.1) is 11.8 Å². The summed E-state index contributed by atoms with van der Waals surface area (Å²) in [5.74, 6) is -2.52. The quantitative estimate of drug-likeness (QED) is 0.813. The number of aliphatic carboxylic acids is 1. The maximum absolute atomic E-state index is 12.8. The highest BCUT2D eigenvalue weighted by Gasteiger charge is 2.51. The molecule has 2 bridgehead atoms. The third kappa shape index (κ3) is 2.89. The molecule has 0 spiro atoms. The highest BCUT2D eigenvalue weighted by Crippen LogP contribution is 2.48. The van der Waals surface area contributed by atoms with Crippen molar-refractivity contribution in [2.75, 3.05) is 18.4 Å². The van der Waals surface area contributed by atoms with Crippen LogP contribution in [0.3, 0.4) is 0 Å². The lowest BCUT2D eigenvalue weighted by Crippen LogP contribution is -2.36. The van der Waals surface area contributed by atoms with Gasteiger partial charge in [0.15, 0.2) is 0 Å². The fourth-order valence-electron chi connectivity index (χ4n) is 4.57. The summed E-state index contributed by atoms with van der Waals surface area (Å²) in [6, 6.07) is 6.90. The first kappa shape index (κ1) is 16.8. The number of likely N-dealkylation sites (tertiary alicyclic amines) is 1. The van der Waals surface area contributed by atoms with Crippen molar-refractivity contribution < 1.29 is 19.5 Å². The predicted octanol–water partition coefficient (Wildman–Crippen LogP) is 2.38. The molecule has 1 saturated heterocycles. The Labute approximate surface area is 151 Å². The van der Waals surface area contributed by atoms with Crippen molar-refractivity contribution in [1.82, 2.24) is 4.90 Å². The lowest BCUT2D eigenvalue weighted by atomic mass is 9.82. The van der Waals surface area contributed by atoms with E-state index in [-0.39, 0.29) is 23.7 Å².